The maximum atomic E-state index is 12.5. The van der Waals surface area contributed by atoms with Crippen LogP contribution in [0.15, 0.2) is 18.2 Å². The number of carbonyl (C=O) groups is 2. The summed E-state index contributed by atoms with van der Waals surface area (Å²) in [6, 6.07) is 5.91. The molecule has 2 aliphatic heterocycles. The number of hydrogen-bond acceptors (Lipinski definition) is 3. The van der Waals surface area contributed by atoms with E-state index in [1.54, 1.807) is 7.11 Å². The molecule has 1 N–H and O–H groups in total. The summed E-state index contributed by atoms with van der Waals surface area (Å²) in [7, 11) is 1.65. The second kappa shape index (κ2) is 5.15. The van der Waals surface area contributed by atoms with Crippen molar-refractivity contribution in [2.45, 2.75) is 25.9 Å². The van der Waals surface area contributed by atoms with Crippen LogP contribution >= 0.6 is 0 Å². The van der Waals surface area contributed by atoms with Crippen LogP contribution in [0.25, 0.3) is 0 Å². The normalized spacial score (nSPS) is 21.4. The van der Waals surface area contributed by atoms with Crippen LogP contribution in [0.5, 0.6) is 5.75 Å². The summed E-state index contributed by atoms with van der Waals surface area (Å²) in [5.41, 5.74) is 2.25. The minimum absolute atomic E-state index is 0.0421. The lowest BCUT2D eigenvalue weighted by molar-refractivity contribution is -0.138. The second-order valence-electron chi connectivity index (χ2n) is 5.33. The summed E-state index contributed by atoms with van der Waals surface area (Å²) in [5.74, 6) is 0.923. The summed E-state index contributed by atoms with van der Waals surface area (Å²) in [4.78, 5) is 25.5. The number of nitrogens with one attached hydrogen (secondary N) is 1. The summed E-state index contributed by atoms with van der Waals surface area (Å²) >= 11 is 0. The van der Waals surface area contributed by atoms with Crippen LogP contribution < -0.4 is 10.1 Å². The van der Waals surface area contributed by atoms with Gasteiger partial charge >= 0.3 is 0 Å². The Morgan fingerprint density at radius 3 is 2.95 bits per heavy atom. The molecule has 1 aromatic rings. The molecule has 0 bridgehead atoms. The lowest BCUT2D eigenvalue weighted by Crippen LogP contribution is -2.43. The molecule has 3 rings (SSSR count). The number of carbonyl (C=O) groups excluding carboxylic acids is 2. The standard InChI is InChI=1S/C15H18N2O3/c1-20-13-4-2-3-11-8-17(9-12(11)13)15(19)10-5-6-14(18)16-7-10/h2-4,10H,5-9H2,1H3,(H,16,18). The smallest absolute Gasteiger partial charge is 0.228 e. The maximum absolute atomic E-state index is 12.5. The Morgan fingerprint density at radius 1 is 1.40 bits per heavy atom. The van der Waals surface area contributed by atoms with E-state index in [0.29, 0.717) is 32.5 Å². The Morgan fingerprint density at radius 2 is 2.25 bits per heavy atom. The highest BCUT2D eigenvalue weighted by atomic mass is 16.5. The number of hydrogen-bond donors (Lipinski definition) is 1. The number of methoxy groups -OCH3 is 1. The fraction of sp³-hybridized carbons (Fsp3) is 0.467. The van der Waals surface area contributed by atoms with Crippen LogP contribution in [0.3, 0.4) is 0 Å². The van der Waals surface area contributed by atoms with Crippen LogP contribution in [0.2, 0.25) is 0 Å². The molecule has 0 radical (unpaired) electrons. The van der Waals surface area contributed by atoms with Gasteiger partial charge in [0, 0.05) is 31.6 Å². The number of ether oxygens (including phenoxy) is 1. The second-order valence-corrected chi connectivity index (χ2v) is 5.33. The molecule has 106 valence electrons. The van der Waals surface area contributed by atoms with E-state index < -0.39 is 0 Å². The minimum Gasteiger partial charge on any atom is -0.496 e. The first kappa shape index (κ1) is 13.0. The number of nitrogens with zero attached hydrogens (tertiary/aromatic N) is 1. The quantitative estimate of drug-likeness (QED) is 0.877. The molecule has 0 aliphatic carbocycles. The van der Waals surface area contributed by atoms with Crippen LogP contribution in [-0.2, 0) is 22.7 Å². The van der Waals surface area contributed by atoms with Crippen LogP contribution in [0, 0.1) is 5.92 Å². The van der Waals surface area contributed by atoms with Gasteiger partial charge in [-0.3, -0.25) is 9.59 Å². The molecule has 1 fully saturated rings. The van der Waals surface area contributed by atoms with Crippen LogP contribution in [0.1, 0.15) is 24.0 Å². The molecule has 2 aliphatic rings. The predicted molar refractivity (Wildman–Crippen MR) is 73.0 cm³/mol. The highest BCUT2D eigenvalue weighted by Gasteiger charge is 2.32. The van der Waals surface area contributed by atoms with E-state index in [2.05, 4.69) is 5.32 Å². The molecule has 0 aromatic heterocycles. The molecule has 0 spiro atoms. The maximum Gasteiger partial charge on any atom is 0.228 e. The molecule has 20 heavy (non-hydrogen) atoms. The van der Waals surface area contributed by atoms with Crippen molar-refractivity contribution in [2.24, 2.45) is 5.92 Å². The number of rotatable bonds is 2. The average molecular weight is 274 g/mol. The summed E-state index contributed by atoms with van der Waals surface area (Å²) < 4.78 is 5.35. The Hall–Kier alpha value is -2.04. The molecule has 1 unspecified atom stereocenters. The zero-order chi connectivity index (χ0) is 14.1. The van der Waals surface area contributed by atoms with Gasteiger partial charge in [0.2, 0.25) is 11.8 Å². The molecule has 1 saturated heterocycles. The monoisotopic (exact) mass is 274 g/mol. The first-order valence-corrected chi connectivity index (χ1v) is 6.89. The first-order valence-electron chi connectivity index (χ1n) is 6.89. The van der Waals surface area contributed by atoms with Gasteiger partial charge in [-0.15, -0.1) is 0 Å². The van der Waals surface area contributed by atoms with Gasteiger partial charge in [0.05, 0.1) is 13.0 Å². The van der Waals surface area contributed by atoms with Gasteiger partial charge in [-0.05, 0) is 18.1 Å². The van der Waals surface area contributed by atoms with Gasteiger partial charge in [0.25, 0.3) is 0 Å². The van der Waals surface area contributed by atoms with E-state index in [1.807, 2.05) is 23.1 Å². The van der Waals surface area contributed by atoms with Crippen molar-refractivity contribution in [3.05, 3.63) is 29.3 Å². The van der Waals surface area contributed by atoms with Crippen LogP contribution in [0.4, 0.5) is 0 Å². The lowest BCUT2D eigenvalue weighted by atomic mass is 9.98. The Labute approximate surface area is 117 Å². The summed E-state index contributed by atoms with van der Waals surface area (Å²) in [6.07, 6.45) is 1.09. The number of fused-ring (bicyclic) bond motifs is 1. The van der Waals surface area contributed by atoms with E-state index in [1.165, 1.54) is 0 Å². The Bertz CT molecular complexity index is 546. The van der Waals surface area contributed by atoms with Crippen molar-refractivity contribution >= 4 is 11.8 Å². The van der Waals surface area contributed by atoms with E-state index in [9.17, 15) is 9.59 Å². The molecule has 5 nitrogen and oxygen atoms in total. The van der Waals surface area contributed by atoms with E-state index >= 15 is 0 Å². The van der Waals surface area contributed by atoms with Crippen molar-refractivity contribution in [3.8, 4) is 5.75 Å². The van der Waals surface area contributed by atoms with Crippen molar-refractivity contribution in [2.75, 3.05) is 13.7 Å². The molecule has 1 atom stereocenters. The van der Waals surface area contributed by atoms with E-state index in [0.717, 1.165) is 16.9 Å². The van der Waals surface area contributed by atoms with Crippen molar-refractivity contribution < 1.29 is 14.3 Å². The Balaban J connectivity index is 1.72. The topological polar surface area (TPSA) is 58.6 Å². The van der Waals surface area contributed by atoms with Gasteiger partial charge < -0.3 is 15.0 Å². The fourth-order valence-corrected chi connectivity index (χ4v) is 2.94. The zero-order valence-electron chi connectivity index (χ0n) is 11.5. The van der Waals surface area contributed by atoms with Crippen molar-refractivity contribution in [1.82, 2.24) is 10.2 Å². The molecular weight excluding hydrogens is 256 g/mol. The SMILES string of the molecule is COc1cccc2c1CN(C(=O)C1CCC(=O)NC1)C2. The van der Waals surface area contributed by atoms with Gasteiger partial charge in [0.15, 0.2) is 0 Å². The summed E-state index contributed by atoms with van der Waals surface area (Å²) in [5, 5.41) is 2.77. The van der Waals surface area contributed by atoms with Crippen LogP contribution in [-0.4, -0.2) is 30.4 Å². The van der Waals surface area contributed by atoms with Crippen molar-refractivity contribution in [1.29, 1.82) is 0 Å². The Kier molecular flexibility index (Phi) is 3.34. The fourth-order valence-electron chi connectivity index (χ4n) is 2.94. The molecule has 2 heterocycles. The highest BCUT2D eigenvalue weighted by molar-refractivity contribution is 5.84. The van der Waals surface area contributed by atoms with Gasteiger partial charge in [-0.2, -0.15) is 0 Å². The molecule has 2 amide bonds. The van der Waals surface area contributed by atoms with E-state index in [-0.39, 0.29) is 17.7 Å². The van der Waals surface area contributed by atoms with Gasteiger partial charge in [-0.25, -0.2) is 0 Å². The third kappa shape index (κ3) is 2.24. The number of amides is 2. The molecule has 1 aromatic carbocycles. The van der Waals surface area contributed by atoms with E-state index in [4.69, 9.17) is 4.74 Å². The largest absolute Gasteiger partial charge is 0.496 e. The third-order valence-corrected chi connectivity index (χ3v) is 4.09. The number of benzene rings is 1. The average Bonchev–Trinajstić information content (AvgIpc) is 2.91. The number of piperidine rings is 1. The minimum atomic E-state index is -0.0898. The van der Waals surface area contributed by atoms with Gasteiger partial charge in [-0.1, -0.05) is 12.1 Å². The predicted octanol–water partition coefficient (Wildman–Crippen LogP) is 1.06. The zero-order valence-corrected chi connectivity index (χ0v) is 11.5. The van der Waals surface area contributed by atoms with Gasteiger partial charge in [0.1, 0.15) is 5.75 Å². The third-order valence-electron chi connectivity index (χ3n) is 4.09. The lowest BCUT2D eigenvalue weighted by Gasteiger charge is -2.26. The summed E-state index contributed by atoms with van der Waals surface area (Å²) in [6.45, 7) is 1.69. The molecule has 0 saturated carbocycles. The molecular formula is C15H18N2O3. The highest BCUT2D eigenvalue weighted by Crippen LogP contribution is 2.32. The first-order chi connectivity index (χ1) is 9.69. The molecule has 5 heteroatoms. The van der Waals surface area contributed by atoms with Crippen molar-refractivity contribution in [3.63, 3.8) is 0 Å².